The molecule has 0 saturated heterocycles. The highest BCUT2D eigenvalue weighted by atomic mass is 16.5. The van der Waals surface area contributed by atoms with Gasteiger partial charge < -0.3 is 9.72 Å². The first-order valence-electron chi connectivity index (χ1n) is 7.30. The maximum absolute atomic E-state index is 5.78. The van der Waals surface area contributed by atoms with Gasteiger partial charge in [-0.2, -0.15) is 0 Å². The highest BCUT2D eigenvalue weighted by Crippen LogP contribution is 2.28. The third-order valence-corrected chi connectivity index (χ3v) is 4.07. The lowest BCUT2D eigenvalue weighted by molar-refractivity contribution is 0.291. The number of benzene rings is 1. The molecule has 0 unspecified atom stereocenters. The van der Waals surface area contributed by atoms with Crippen molar-refractivity contribution >= 4 is 27.7 Å². The molecule has 106 valence electrons. The summed E-state index contributed by atoms with van der Waals surface area (Å²) < 4.78 is 5.78. The van der Waals surface area contributed by atoms with E-state index >= 15 is 0 Å². The number of pyridine rings is 1. The van der Waals surface area contributed by atoms with Gasteiger partial charge in [0.1, 0.15) is 12.3 Å². The van der Waals surface area contributed by atoms with Crippen LogP contribution >= 0.6 is 0 Å². The predicted molar refractivity (Wildman–Crippen MR) is 84.7 cm³/mol. The zero-order chi connectivity index (χ0) is 14.4. The molecule has 0 radical (unpaired) electrons. The van der Waals surface area contributed by atoms with E-state index in [1.54, 1.807) is 0 Å². The summed E-state index contributed by atoms with van der Waals surface area (Å²) in [7, 11) is 0. The second kappa shape index (κ2) is 4.58. The molecule has 3 heterocycles. The SMILES string of the molecule is CC(C)[C@H]1COC(c2nccc3c2[nH]c2ccccc23)=N1. The molecule has 1 aliphatic heterocycles. The Labute approximate surface area is 122 Å². The topological polar surface area (TPSA) is 50.3 Å². The molecule has 4 rings (SSSR count). The van der Waals surface area contributed by atoms with Crippen LogP contribution in [0.1, 0.15) is 19.5 Å². The molecule has 21 heavy (non-hydrogen) atoms. The second-order valence-electron chi connectivity index (χ2n) is 5.81. The van der Waals surface area contributed by atoms with Gasteiger partial charge in [0, 0.05) is 22.5 Å². The third kappa shape index (κ3) is 1.90. The molecule has 1 aliphatic rings. The van der Waals surface area contributed by atoms with Gasteiger partial charge in [0.2, 0.25) is 5.90 Å². The minimum absolute atomic E-state index is 0.224. The van der Waals surface area contributed by atoms with Crippen molar-refractivity contribution in [3.05, 3.63) is 42.2 Å². The highest BCUT2D eigenvalue weighted by molar-refractivity contribution is 6.14. The second-order valence-corrected chi connectivity index (χ2v) is 5.81. The molecule has 4 nitrogen and oxygen atoms in total. The van der Waals surface area contributed by atoms with Crippen molar-refractivity contribution in [2.45, 2.75) is 19.9 Å². The van der Waals surface area contributed by atoms with E-state index in [1.807, 2.05) is 24.4 Å². The van der Waals surface area contributed by atoms with Crippen LogP contribution in [-0.2, 0) is 4.74 Å². The minimum atomic E-state index is 0.224. The van der Waals surface area contributed by atoms with Crippen molar-refractivity contribution in [1.82, 2.24) is 9.97 Å². The van der Waals surface area contributed by atoms with Crippen molar-refractivity contribution in [3.63, 3.8) is 0 Å². The molecule has 4 heteroatoms. The van der Waals surface area contributed by atoms with Crippen molar-refractivity contribution in [2.24, 2.45) is 10.9 Å². The summed E-state index contributed by atoms with van der Waals surface area (Å²) >= 11 is 0. The van der Waals surface area contributed by atoms with Gasteiger partial charge in [-0.25, -0.2) is 9.98 Å². The van der Waals surface area contributed by atoms with Gasteiger partial charge in [-0.05, 0) is 18.1 Å². The summed E-state index contributed by atoms with van der Waals surface area (Å²) in [5, 5.41) is 2.37. The van der Waals surface area contributed by atoms with E-state index < -0.39 is 0 Å². The molecule has 1 N–H and O–H groups in total. The minimum Gasteiger partial charge on any atom is -0.474 e. The number of hydrogen-bond acceptors (Lipinski definition) is 3. The van der Waals surface area contributed by atoms with E-state index in [0.717, 1.165) is 22.1 Å². The Kier molecular flexibility index (Phi) is 2.70. The number of H-pyrrole nitrogens is 1. The van der Waals surface area contributed by atoms with Crippen molar-refractivity contribution < 1.29 is 4.74 Å². The number of aromatic nitrogens is 2. The number of ether oxygens (including phenoxy) is 1. The van der Waals surface area contributed by atoms with Crippen LogP contribution in [0.25, 0.3) is 21.8 Å². The summed E-state index contributed by atoms with van der Waals surface area (Å²) in [6.45, 7) is 4.97. The first-order valence-corrected chi connectivity index (χ1v) is 7.30. The fourth-order valence-electron chi connectivity index (χ4n) is 2.80. The molecule has 0 amide bonds. The van der Waals surface area contributed by atoms with Gasteiger partial charge in [0.15, 0.2) is 0 Å². The molecule has 1 aromatic carbocycles. The molecule has 1 atom stereocenters. The Bertz CT molecular complexity index is 847. The summed E-state index contributed by atoms with van der Waals surface area (Å²) in [6.07, 6.45) is 1.83. The van der Waals surface area contributed by atoms with E-state index in [9.17, 15) is 0 Å². The van der Waals surface area contributed by atoms with E-state index in [2.05, 4.69) is 35.9 Å². The lowest BCUT2D eigenvalue weighted by atomic mass is 10.1. The number of nitrogens with zero attached hydrogens (tertiary/aromatic N) is 2. The predicted octanol–water partition coefficient (Wildman–Crippen LogP) is 3.52. The Hall–Kier alpha value is -2.36. The number of rotatable bonds is 2. The standard InChI is InChI=1S/C17H17N3O/c1-10(2)14-9-21-17(20-14)16-15-12(7-8-18-16)11-5-3-4-6-13(11)19-15/h3-8,10,14,19H,9H2,1-2H3/t14-/m1/s1. The molecule has 3 aromatic rings. The Balaban J connectivity index is 1.92. The lowest BCUT2D eigenvalue weighted by Gasteiger charge is -2.06. The number of nitrogens with one attached hydrogen (secondary N) is 1. The molecule has 0 saturated carbocycles. The van der Waals surface area contributed by atoms with Crippen LogP contribution < -0.4 is 0 Å². The molecule has 2 aromatic heterocycles. The smallest absolute Gasteiger partial charge is 0.237 e. The van der Waals surface area contributed by atoms with Gasteiger partial charge >= 0.3 is 0 Å². The Morgan fingerprint density at radius 1 is 1.19 bits per heavy atom. The average Bonchev–Trinajstić information content (AvgIpc) is 3.11. The Morgan fingerprint density at radius 3 is 2.86 bits per heavy atom. The van der Waals surface area contributed by atoms with Gasteiger partial charge in [0.25, 0.3) is 0 Å². The van der Waals surface area contributed by atoms with Crippen LogP contribution in [0.3, 0.4) is 0 Å². The number of hydrogen-bond donors (Lipinski definition) is 1. The van der Waals surface area contributed by atoms with Crippen LogP contribution in [0.15, 0.2) is 41.5 Å². The number of para-hydroxylation sites is 1. The fraction of sp³-hybridized carbons (Fsp3) is 0.294. The van der Waals surface area contributed by atoms with Crippen LogP contribution in [0.4, 0.5) is 0 Å². The normalized spacial score (nSPS) is 18.4. The average molecular weight is 279 g/mol. The van der Waals surface area contributed by atoms with Crippen molar-refractivity contribution in [2.75, 3.05) is 6.61 Å². The van der Waals surface area contributed by atoms with Crippen molar-refractivity contribution in [3.8, 4) is 0 Å². The number of aliphatic imine (C=N–C) groups is 1. The van der Waals surface area contributed by atoms with E-state index in [-0.39, 0.29) is 6.04 Å². The van der Waals surface area contributed by atoms with Crippen LogP contribution in [-0.4, -0.2) is 28.5 Å². The maximum Gasteiger partial charge on any atom is 0.237 e. The van der Waals surface area contributed by atoms with E-state index in [1.165, 1.54) is 5.39 Å². The molecule has 0 aliphatic carbocycles. The summed E-state index contributed by atoms with van der Waals surface area (Å²) in [5.74, 6) is 1.13. The summed E-state index contributed by atoms with van der Waals surface area (Å²) in [4.78, 5) is 12.6. The van der Waals surface area contributed by atoms with E-state index in [4.69, 9.17) is 9.73 Å². The lowest BCUT2D eigenvalue weighted by Crippen LogP contribution is -2.13. The molecular weight excluding hydrogens is 262 g/mol. The summed E-state index contributed by atoms with van der Waals surface area (Å²) in [5.41, 5.74) is 2.93. The zero-order valence-electron chi connectivity index (χ0n) is 12.1. The van der Waals surface area contributed by atoms with Crippen LogP contribution in [0.2, 0.25) is 0 Å². The summed E-state index contributed by atoms with van der Waals surface area (Å²) in [6, 6.07) is 10.5. The molecule has 0 bridgehead atoms. The quantitative estimate of drug-likeness (QED) is 0.780. The third-order valence-electron chi connectivity index (χ3n) is 4.07. The van der Waals surface area contributed by atoms with Crippen LogP contribution in [0, 0.1) is 5.92 Å². The molecule has 0 spiro atoms. The zero-order valence-corrected chi connectivity index (χ0v) is 12.1. The van der Waals surface area contributed by atoms with Gasteiger partial charge in [0.05, 0.1) is 11.6 Å². The van der Waals surface area contributed by atoms with Gasteiger partial charge in [-0.15, -0.1) is 0 Å². The van der Waals surface area contributed by atoms with E-state index in [0.29, 0.717) is 18.4 Å². The monoisotopic (exact) mass is 279 g/mol. The maximum atomic E-state index is 5.78. The Morgan fingerprint density at radius 2 is 2.05 bits per heavy atom. The number of aromatic amines is 1. The largest absolute Gasteiger partial charge is 0.474 e. The fourth-order valence-corrected chi connectivity index (χ4v) is 2.80. The van der Waals surface area contributed by atoms with Gasteiger partial charge in [-0.3, -0.25) is 0 Å². The first-order chi connectivity index (χ1) is 10.2. The number of fused-ring (bicyclic) bond motifs is 3. The molecular formula is C17H17N3O. The van der Waals surface area contributed by atoms with Crippen LogP contribution in [0.5, 0.6) is 0 Å². The van der Waals surface area contributed by atoms with Gasteiger partial charge in [-0.1, -0.05) is 32.0 Å². The molecule has 0 fully saturated rings. The van der Waals surface area contributed by atoms with Crippen molar-refractivity contribution in [1.29, 1.82) is 0 Å². The highest BCUT2D eigenvalue weighted by Gasteiger charge is 2.25. The first kappa shape index (κ1) is 12.4.